The minimum atomic E-state index is -0.473. The fraction of sp³-hybridized carbons (Fsp3) is 0.967. The van der Waals surface area contributed by atoms with Gasteiger partial charge in [0.2, 0.25) is 6.04 Å². The van der Waals surface area contributed by atoms with Gasteiger partial charge in [0.15, 0.2) is 0 Å². The number of nitrogens with zero attached hydrogens (tertiary/aromatic N) is 1. The summed E-state index contributed by atoms with van der Waals surface area (Å²) in [5.41, 5.74) is 0. The highest BCUT2D eigenvalue weighted by molar-refractivity contribution is 6.24. The molecule has 0 heterocycles. The zero-order valence-corrected chi connectivity index (χ0v) is 24.4. The number of alkyl halides is 1. The van der Waals surface area contributed by atoms with Crippen LogP contribution in [0.5, 0.6) is 0 Å². The Kier molecular flexibility index (Phi) is 11.2. The monoisotopic (exact) mass is 555 g/mol. The Balaban J connectivity index is 1.26. The summed E-state index contributed by atoms with van der Waals surface area (Å²) >= 11 is 7.87. The second-order valence-corrected chi connectivity index (χ2v) is 13.4. The minimum absolute atomic E-state index is 0.131. The van der Waals surface area contributed by atoms with Crippen molar-refractivity contribution in [2.45, 2.75) is 145 Å². The molecule has 0 aromatic carbocycles. The first kappa shape index (κ1) is 30.0. The molecule has 0 aromatic heterocycles. The fourth-order valence-corrected chi connectivity index (χ4v) is 8.97. The number of esters is 1. The zero-order chi connectivity index (χ0) is 27.1. The third-order valence-corrected chi connectivity index (χ3v) is 11.7. The van der Waals surface area contributed by atoms with Gasteiger partial charge in [-0.15, -0.1) is 11.6 Å². The number of rotatable bonds is 10. The van der Waals surface area contributed by atoms with Gasteiger partial charge in [-0.1, -0.05) is 12.8 Å². The molecule has 38 heavy (non-hydrogen) atoms. The van der Waals surface area contributed by atoms with Crippen LogP contribution >= 0.6 is 11.6 Å². The van der Waals surface area contributed by atoms with E-state index >= 15 is 0 Å². The molecule has 0 spiro atoms. The molecule has 0 aromatic rings. The zero-order valence-electron chi connectivity index (χ0n) is 23.6. The van der Waals surface area contributed by atoms with E-state index in [0.29, 0.717) is 68.0 Å². The largest absolute Gasteiger partial charge is 0.462 e. The van der Waals surface area contributed by atoms with Crippen LogP contribution in [0, 0.1) is 33.8 Å². The first-order valence-corrected chi connectivity index (χ1v) is 15.8. The van der Waals surface area contributed by atoms with Crippen LogP contribution in [0.2, 0.25) is 0 Å². The topological polar surface area (TPSA) is 87.9 Å². The highest BCUT2D eigenvalue weighted by Crippen LogP contribution is 2.55. The van der Waals surface area contributed by atoms with Crippen molar-refractivity contribution in [3.63, 3.8) is 0 Å². The molecule has 4 rings (SSSR count). The van der Waals surface area contributed by atoms with E-state index in [-0.39, 0.29) is 21.9 Å². The van der Waals surface area contributed by atoms with Gasteiger partial charge in [-0.25, -0.2) is 0 Å². The molecular formula is C30H50ClNO6. The van der Waals surface area contributed by atoms with Gasteiger partial charge < -0.3 is 14.2 Å². The van der Waals surface area contributed by atoms with E-state index in [1.54, 1.807) is 0 Å². The molecule has 218 valence electrons. The number of halogens is 1. The average Bonchev–Trinajstić information content (AvgIpc) is 2.96. The van der Waals surface area contributed by atoms with E-state index in [9.17, 15) is 14.9 Å². The lowest BCUT2D eigenvalue weighted by molar-refractivity contribution is -0.527. The third-order valence-electron chi connectivity index (χ3n) is 10.7. The van der Waals surface area contributed by atoms with E-state index < -0.39 is 6.04 Å². The van der Waals surface area contributed by atoms with Crippen molar-refractivity contribution < 1.29 is 23.9 Å². The molecule has 0 atom stereocenters. The summed E-state index contributed by atoms with van der Waals surface area (Å²) in [6.07, 6.45) is 17.9. The van der Waals surface area contributed by atoms with E-state index in [4.69, 9.17) is 25.8 Å². The lowest BCUT2D eigenvalue weighted by Crippen LogP contribution is -2.50. The molecule has 4 saturated carbocycles. The molecule has 0 amide bonds. The quantitative estimate of drug-likeness (QED) is 0.124. The Morgan fingerprint density at radius 1 is 0.737 bits per heavy atom. The molecule has 7 nitrogen and oxygen atoms in total. The van der Waals surface area contributed by atoms with Crippen LogP contribution in [0.25, 0.3) is 0 Å². The van der Waals surface area contributed by atoms with Crippen LogP contribution in [0.1, 0.15) is 116 Å². The third kappa shape index (κ3) is 7.42. The fourth-order valence-electron chi connectivity index (χ4n) is 8.32. The van der Waals surface area contributed by atoms with E-state index in [1.807, 2.05) is 14.2 Å². The van der Waals surface area contributed by atoms with Crippen LogP contribution in [0.3, 0.4) is 0 Å². The summed E-state index contributed by atoms with van der Waals surface area (Å²) in [4.78, 5) is 23.1. The summed E-state index contributed by atoms with van der Waals surface area (Å²) in [5, 5.41) is 11.0. The molecule has 0 N–H and O–H groups in total. The van der Waals surface area contributed by atoms with Crippen LogP contribution in [0.15, 0.2) is 0 Å². The lowest BCUT2D eigenvalue weighted by atomic mass is 9.60. The van der Waals surface area contributed by atoms with Crippen LogP contribution < -0.4 is 0 Å². The first-order valence-electron chi connectivity index (χ1n) is 15.4. The summed E-state index contributed by atoms with van der Waals surface area (Å²) in [7, 11) is 3.67. The molecular weight excluding hydrogens is 506 g/mol. The van der Waals surface area contributed by atoms with Gasteiger partial charge in [0.05, 0.1) is 17.1 Å². The Labute approximate surface area is 234 Å². The summed E-state index contributed by atoms with van der Waals surface area (Å²) in [6.45, 7) is 0. The summed E-state index contributed by atoms with van der Waals surface area (Å²) in [6, 6.07) is -0.473. The minimum Gasteiger partial charge on any atom is -0.462 e. The number of carbonyl (C=O) groups excluding carboxylic acids is 1. The number of hydrogen-bond acceptors (Lipinski definition) is 6. The maximum absolute atomic E-state index is 12.5. The standard InChI is InChI=1S/C30H50ClNO6/c1-36-26-14-8-23(9-15-26)30(31,24-10-16-27(37-2)17-11-24)22-6-3-21(4-7-22)5-20-29(33)38-28-18-12-25(13-19-28)32(34)35/h21-28H,3-20H2,1-2H3. The van der Waals surface area contributed by atoms with E-state index in [0.717, 1.165) is 57.8 Å². The van der Waals surface area contributed by atoms with Gasteiger partial charge in [0.1, 0.15) is 6.10 Å². The first-order chi connectivity index (χ1) is 18.3. The van der Waals surface area contributed by atoms with Crippen molar-refractivity contribution in [1.29, 1.82) is 0 Å². The number of nitro groups is 1. The molecule has 4 aliphatic carbocycles. The van der Waals surface area contributed by atoms with Gasteiger partial charge in [-0.2, -0.15) is 0 Å². The van der Waals surface area contributed by atoms with Gasteiger partial charge in [-0.05, 0) is 107 Å². The smallest absolute Gasteiger partial charge is 0.306 e. The van der Waals surface area contributed by atoms with E-state index in [1.165, 1.54) is 25.7 Å². The van der Waals surface area contributed by atoms with Crippen LogP contribution in [0.4, 0.5) is 0 Å². The lowest BCUT2D eigenvalue weighted by Gasteiger charge is -2.52. The predicted octanol–water partition coefficient (Wildman–Crippen LogP) is 7.09. The van der Waals surface area contributed by atoms with Crippen molar-refractivity contribution in [2.75, 3.05) is 14.2 Å². The van der Waals surface area contributed by atoms with Gasteiger partial charge in [-0.3, -0.25) is 14.9 Å². The summed E-state index contributed by atoms with van der Waals surface area (Å²) < 4.78 is 17.0. The molecule has 0 radical (unpaired) electrons. The summed E-state index contributed by atoms with van der Waals surface area (Å²) in [5.74, 6) is 2.08. The molecule has 0 bridgehead atoms. The van der Waals surface area contributed by atoms with Crippen molar-refractivity contribution in [2.24, 2.45) is 23.7 Å². The van der Waals surface area contributed by atoms with Gasteiger partial charge in [0.25, 0.3) is 0 Å². The maximum atomic E-state index is 12.5. The van der Waals surface area contributed by atoms with Crippen molar-refractivity contribution in [3.8, 4) is 0 Å². The molecule has 0 aliphatic heterocycles. The molecule has 0 unspecified atom stereocenters. The Morgan fingerprint density at radius 2 is 1.16 bits per heavy atom. The second kappa shape index (κ2) is 14.1. The molecule has 8 heteroatoms. The molecule has 4 aliphatic rings. The predicted molar refractivity (Wildman–Crippen MR) is 148 cm³/mol. The highest BCUT2D eigenvalue weighted by Gasteiger charge is 2.51. The number of ether oxygens (including phenoxy) is 3. The van der Waals surface area contributed by atoms with Gasteiger partial charge >= 0.3 is 5.97 Å². The average molecular weight is 556 g/mol. The second-order valence-electron chi connectivity index (χ2n) is 12.7. The van der Waals surface area contributed by atoms with E-state index in [2.05, 4.69) is 0 Å². The van der Waals surface area contributed by atoms with Crippen molar-refractivity contribution in [3.05, 3.63) is 10.1 Å². The molecule has 0 saturated heterocycles. The Bertz CT molecular complexity index is 724. The molecule has 4 fully saturated rings. The van der Waals surface area contributed by atoms with Crippen LogP contribution in [-0.4, -0.2) is 54.3 Å². The van der Waals surface area contributed by atoms with Crippen molar-refractivity contribution >= 4 is 17.6 Å². The Hall–Kier alpha value is -0.920. The Morgan fingerprint density at radius 3 is 1.58 bits per heavy atom. The normalized spacial score (nSPS) is 38.2. The van der Waals surface area contributed by atoms with Gasteiger partial charge in [0, 0.05) is 38.4 Å². The SMILES string of the molecule is COC1CCC(C(Cl)(C2CCC(CCC(=O)OC3CCC([N+](=O)[O-])CC3)CC2)C2CCC(OC)CC2)CC1. The maximum Gasteiger partial charge on any atom is 0.306 e. The van der Waals surface area contributed by atoms with Crippen molar-refractivity contribution in [1.82, 2.24) is 0 Å². The number of hydrogen-bond donors (Lipinski definition) is 0. The number of carbonyl (C=O) groups is 1. The van der Waals surface area contributed by atoms with Crippen LogP contribution in [-0.2, 0) is 19.0 Å². The highest BCUT2D eigenvalue weighted by atomic mass is 35.5. The number of methoxy groups -OCH3 is 2.